The van der Waals surface area contributed by atoms with Gasteiger partial charge >= 0.3 is 0 Å². The van der Waals surface area contributed by atoms with Crippen LogP contribution in [-0.2, 0) is 0 Å². The Bertz CT molecular complexity index is 839. The number of thiocarbonyl (C=S) groups is 1. The van der Waals surface area contributed by atoms with E-state index in [2.05, 4.69) is 15.3 Å². The largest absolute Gasteiger partial charge is 0.383 e. The van der Waals surface area contributed by atoms with E-state index in [1.807, 2.05) is 36.9 Å². The highest BCUT2D eigenvalue weighted by Gasteiger charge is 2.19. The number of benzene rings is 1. The van der Waals surface area contributed by atoms with Gasteiger partial charge in [0.2, 0.25) is 5.95 Å². The number of rotatable bonds is 3. The van der Waals surface area contributed by atoms with Crippen LogP contribution in [0.3, 0.4) is 0 Å². The minimum Gasteiger partial charge on any atom is -0.383 e. The lowest BCUT2D eigenvalue weighted by molar-refractivity contribution is 0.891. The first-order chi connectivity index (χ1) is 11.5. The molecule has 1 fully saturated rings. The minimum atomic E-state index is -0.313. The average Bonchev–Trinajstić information content (AvgIpc) is 3.03. The van der Waals surface area contributed by atoms with Crippen molar-refractivity contribution in [2.45, 2.75) is 26.7 Å². The molecule has 7 heteroatoms. The van der Waals surface area contributed by atoms with Crippen molar-refractivity contribution in [2.24, 2.45) is 0 Å². The van der Waals surface area contributed by atoms with E-state index >= 15 is 0 Å². The number of H-pyrrole nitrogens is 1. The number of aromatic amines is 1. The fraction of sp³-hybridized carbons (Fsp3) is 0.353. The number of anilines is 3. The van der Waals surface area contributed by atoms with Crippen molar-refractivity contribution in [1.29, 1.82) is 0 Å². The molecule has 126 valence electrons. The van der Waals surface area contributed by atoms with Crippen molar-refractivity contribution in [2.75, 3.05) is 29.0 Å². The summed E-state index contributed by atoms with van der Waals surface area (Å²) in [7, 11) is 0. The highest BCUT2D eigenvalue weighted by atomic mass is 32.1. The maximum absolute atomic E-state index is 12.5. The zero-order valence-electron chi connectivity index (χ0n) is 13.8. The summed E-state index contributed by atoms with van der Waals surface area (Å²) in [6, 6.07) is 5.97. The van der Waals surface area contributed by atoms with E-state index in [-0.39, 0.29) is 21.9 Å². The van der Waals surface area contributed by atoms with Gasteiger partial charge in [0.1, 0.15) is 16.4 Å². The summed E-state index contributed by atoms with van der Waals surface area (Å²) >= 11 is 5.38. The molecule has 1 aliphatic rings. The third kappa shape index (κ3) is 3.26. The molecule has 0 aliphatic carbocycles. The number of aromatic nitrogens is 2. The van der Waals surface area contributed by atoms with Crippen LogP contribution in [0.5, 0.6) is 0 Å². The minimum absolute atomic E-state index is 0.155. The van der Waals surface area contributed by atoms with Crippen LogP contribution in [0.15, 0.2) is 23.0 Å². The molecule has 0 saturated carbocycles. The maximum atomic E-state index is 12.5. The van der Waals surface area contributed by atoms with Crippen LogP contribution in [0.1, 0.15) is 29.5 Å². The van der Waals surface area contributed by atoms with Gasteiger partial charge in [0.05, 0.1) is 0 Å². The molecule has 24 heavy (non-hydrogen) atoms. The van der Waals surface area contributed by atoms with Gasteiger partial charge in [-0.05, 0) is 38.3 Å². The molecule has 2 aromatic rings. The quantitative estimate of drug-likeness (QED) is 0.742. The summed E-state index contributed by atoms with van der Waals surface area (Å²) in [5.41, 5.74) is 8.99. The summed E-state index contributed by atoms with van der Waals surface area (Å²) < 4.78 is 0. The fourth-order valence-electron chi connectivity index (χ4n) is 2.92. The zero-order chi connectivity index (χ0) is 17.3. The zero-order valence-corrected chi connectivity index (χ0v) is 14.7. The maximum Gasteiger partial charge on any atom is 0.264 e. The van der Waals surface area contributed by atoms with Gasteiger partial charge in [-0.25, -0.2) is 0 Å². The predicted molar refractivity (Wildman–Crippen MR) is 102 cm³/mol. The topological polar surface area (TPSA) is 87.0 Å². The molecule has 0 radical (unpaired) electrons. The summed E-state index contributed by atoms with van der Waals surface area (Å²) in [6.07, 6.45) is 2.19. The molecule has 0 unspecified atom stereocenters. The van der Waals surface area contributed by atoms with Crippen molar-refractivity contribution in [1.82, 2.24) is 9.97 Å². The third-order valence-corrected chi connectivity index (χ3v) is 4.50. The number of nitrogens with zero attached hydrogens (tertiary/aromatic N) is 2. The fourth-order valence-corrected chi connectivity index (χ4v) is 3.22. The van der Waals surface area contributed by atoms with E-state index in [0.717, 1.165) is 42.7 Å². The van der Waals surface area contributed by atoms with Crippen LogP contribution in [0.4, 0.5) is 17.5 Å². The standard InChI is InChI=1S/C17H21N5OS/c1-10-5-6-12(11(2)9-10)19-16(24)13-14(18)20-17(21-15(13)23)22-7-3-4-8-22/h5-6,9H,3-4,7-8H2,1-2H3,(H,19,24)(H3,18,20,21,23). The lowest BCUT2D eigenvalue weighted by atomic mass is 10.1. The number of hydrogen-bond acceptors (Lipinski definition) is 5. The van der Waals surface area contributed by atoms with Gasteiger partial charge in [0.25, 0.3) is 5.56 Å². The number of nitrogens with one attached hydrogen (secondary N) is 2. The van der Waals surface area contributed by atoms with Crippen molar-refractivity contribution in [3.8, 4) is 0 Å². The molecule has 1 aromatic heterocycles. The lowest BCUT2D eigenvalue weighted by Gasteiger charge is -2.17. The molecule has 3 rings (SSSR count). The monoisotopic (exact) mass is 343 g/mol. The first-order valence-electron chi connectivity index (χ1n) is 7.99. The molecular formula is C17H21N5OS. The average molecular weight is 343 g/mol. The molecule has 2 heterocycles. The number of nitrogens with two attached hydrogens (primary N) is 1. The third-order valence-electron chi connectivity index (χ3n) is 4.20. The Morgan fingerprint density at radius 2 is 2.04 bits per heavy atom. The number of aryl methyl sites for hydroxylation is 2. The lowest BCUT2D eigenvalue weighted by Crippen LogP contribution is -2.30. The van der Waals surface area contributed by atoms with E-state index in [1.165, 1.54) is 0 Å². The van der Waals surface area contributed by atoms with E-state index in [4.69, 9.17) is 18.0 Å². The highest BCUT2D eigenvalue weighted by Crippen LogP contribution is 2.19. The Kier molecular flexibility index (Phi) is 4.53. The van der Waals surface area contributed by atoms with Crippen molar-refractivity contribution in [3.05, 3.63) is 45.2 Å². The van der Waals surface area contributed by atoms with Crippen LogP contribution in [0, 0.1) is 13.8 Å². The van der Waals surface area contributed by atoms with E-state index in [9.17, 15) is 4.79 Å². The van der Waals surface area contributed by atoms with E-state index in [1.54, 1.807) is 0 Å². The molecule has 4 N–H and O–H groups in total. The first-order valence-corrected chi connectivity index (χ1v) is 8.40. The normalized spacial score (nSPS) is 14.0. The smallest absolute Gasteiger partial charge is 0.264 e. The van der Waals surface area contributed by atoms with Crippen molar-refractivity contribution >= 4 is 34.7 Å². The Balaban J connectivity index is 1.88. The van der Waals surface area contributed by atoms with Crippen molar-refractivity contribution < 1.29 is 0 Å². The van der Waals surface area contributed by atoms with Gasteiger partial charge in [-0.2, -0.15) is 4.98 Å². The Morgan fingerprint density at radius 3 is 2.67 bits per heavy atom. The Morgan fingerprint density at radius 1 is 1.33 bits per heavy atom. The Labute approximate surface area is 146 Å². The second-order valence-corrected chi connectivity index (χ2v) is 6.52. The van der Waals surface area contributed by atoms with Gasteiger partial charge in [-0.1, -0.05) is 29.9 Å². The van der Waals surface area contributed by atoms with Gasteiger partial charge in [-0.15, -0.1) is 0 Å². The molecule has 0 atom stereocenters. The van der Waals surface area contributed by atoms with E-state index < -0.39 is 0 Å². The Hall–Kier alpha value is -2.41. The molecule has 0 amide bonds. The van der Waals surface area contributed by atoms with Crippen LogP contribution < -0.4 is 21.5 Å². The second-order valence-electron chi connectivity index (χ2n) is 6.12. The molecule has 6 nitrogen and oxygen atoms in total. The van der Waals surface area contributed by atoms with Crippen LogP contribution in [0.2, 0.25) is 0 Å². The molecule has 1 aromatic carbocycles. The summed E-state index contributed by atoms with van der Waals surface area (Å²) in [5, 5.41) is 3.10. The van der Waals surface area contributed by atoms with Gasteiger partial charge in [-0.3, -0.25) is 9.78 Å². The highest BCUT2D eigenvalue weighted by molar-refractivity contribution is 7.81. The van der Waals surface area contributed by atoms with Crippen LogP contribution in [-0.4, -0.2) is 28.0 Å². The summed E-state index contributed by atoms with van der Waals surface area (Å²) in [5.74, 6) is 0.677. The first kappa shape index (κ1) is 16.4. The number of nitrogen functional groups attached to an aromatic ring is 1. The predicted octanol–water partition coefficient (Wildman–Crippen LogP) is 2.36. The van der Waals surface area contributed by atoms with Gasteiger partial charge in [0, 0.05) is 18.8 Å². The van der Waals surface area contributed by atoms with Crippen LogP contribution in [0.25, 0.3) is 0 Å². The second kappa shape index (κ2) is 6.60. The molecule has 0 bridgehead atoms. The van der Waals surface area contributed by atoms with E-state index in [0.29, 0.717) is 5.95 Å². The summed E-state index contributed by atoms with van der Waals surface area (Å²) in [6.45, 7) is 5.78. The molecule has 1 saturated heterocycles. The van der Waals surface area contributed by atoms with Crippen LogP contribution >= 0.6 is 12.2 Å². The molecular weight excluding hydrogens is 322 g/mol. The van der Waals surface area contributed by atoms with Crippen molar-refractivity contribution in [3.63, 3.8) is 0 Å². The SMILES string of the molecule is Cc1ccc(NC(=S)c2c(N)nc(N3CCCC3)[nH]c2=O)c(C)c1. The number of hydrogen-bond donors (Lipinski definition) is 3. The van der Waals surface area contributed by atoms with Gasteiger partial charge in [0.15, 0.2) is 0 Å². The van der Waals surface area contributed by atoms with Gasteiger partial charge < -0.3 is 16.0 Å². The molecule has 1 aliphatic heterocycles. The summed E-state index contributed by atoms with van der Waals surface area (Å²) in [4.78, 5) is 21.9. The molecule has 0 spiro atoms.